The van der Waals surface area contributed by atoms with Crippen LogP contribution >= 0.6 is 0 Å². The van der Waals surface area contributed by atoms with Crippen molar-refractivity contribution in [3.63, 3.8) is 0 Å². The molecule has 0 saturated carbocycles. The molecule has 2 aromatic carbocycles. The molecule has 0 amide bonds. The molecular formula is C20H22O6. The van der Waals surface area contributed by atoms with Gasteiger partial charge in [-0.2, -0.15) is 0 Å². The number of rotatable bonds is 8. The average Bonchev–Trinajstić information content (AvgIpc) is 2.67. The van der Waals surface area contributed by atoms with Gasteiger partial charge in [-0.25, -0.2) is 4.79 Å². The second kappa shape index (κ2) is 8.89. The van der Waals surface area contributed by atoms with Gasteiger partial charge in [0.25, 0.3) is 0 Å². The lowest BCUT2D eigenvalue weighted by Crippen LogP contribution is -2.24. The number of hydrogen-bond donors (Lipinski definition) is 0. The van der Waals surface area contributed by atoms with Crippen LogP contribution in [-0.2, 0) is 4.74 Å². The Morgan fingerprint density at radius 1 is 0.923 bits per heavy atom. The van der Waals surface area contributed by atoms with Crippen molar-refractivity contribution in [3.8, 4) is 17.2 Å². The largest absolute Gasteiger partial charge is 0.497 e. The highest BCUT2D eigenvalue weighted by Crippen LogP contribution is 2.28. The molecule has 6 nitrogen and oxygen atoms in total. The molecule has 0 aliphatic heterocycles. The van der Waals surface area contributed by atoms with Crippen molar-refractivity contribution in [1.82, 2.24) is 0 Å². The number of ether oxygens (including phenoxy) is 4. The molecule has 138 valence electrons. The van der Waals surface area contributed by atoms with Crippen LogP contribution in [0.15, 0.2) is 42.5 Å². The maximum absolute atomic E-state index is 12.4. The van der Waals surface area contributed by atoms with E-state index in [4.69, 9.17) is 18.9 Å². The SMILES string of the molecule is CCOc1ccc(C(=O)O[C@H](C)C(=O)c2ccc(OC)cc2)cc1OC. The van der Waals surface area contributed by atoms with Crippen LogP contribution in [0.25, 0.3) is 0 Å². The lowest BCUT2D eigenvalue weighted by Gasteiger charge is -2.14. The minimum Gasteiger partial charge on any atom is -0.497 e. The van der Waals surface area contributed by atoms with E-state index in [1.807, 2.05) is 6.92 Å². The Morgan fingerprint density at radius 3 is 2.15 bits per heavy atom. The van der Waals surface area contributed by atoms with Crippen LogP contribution in [-0.4, -0.2) is 38.7 Å². The summed E-state index contributed by atoms with van der Waals surface area (Å²) in [5.41, 5.74) is 0.718. The molecule has 0 spiro atoms. The molecule has 0 aliphatic rings. The molecule has 0 unspecified atom stereocenters. The van der Waals surface area contributed by atoms with E-state index in [9.17, 15) is 9.59 Å². The van der Waals surface area contributed by atoms with Crippen molar-refractivity contribution >= 4 is 11.8 Å². The summed E-state index contributed by atoms with van der Waals surface area (Å²) in [6, 6.07) is 11.3. The molecule has 6 heteroatoms. The Balaban J connectivity index is 2.09. The Morgan fingerprint density at radius 2 is 1.58 bits per heavy atom. The lowest BCUT2D eigenvalue weighted by molar-refractivity contribution is 0.0318. The fourth-order valence-electron chi connectivity index (χ4n) is 2.34. The average molecular weight is 358 g/mol. The molecule has 0 aliphatic carbocycles. The smallest absolute Gasteiger partial charge is 0.338 e. The first-order valence-corrected chi connectivity index (χ1v) is 8.20. The summed E-state index contributed by atoms with van der Waals surface area (Å²) in [7, 11) is 3.04. The van der Waals surface area contributed by atoms with Gasteiger partial charge in [-0.1, -0.05) is 0 Å². The Kier molecular flexibility index (Phi) is 6.60. The number of benzene rings is 2. The molecule has 0 fully saturated rings. The van der Waals surface area contributed by atoms with E-state index in [0.29, 0.717) is 29.4 Å². The number of ketones is 1. The summed E-state index contributed by atoms with van der Waals surface area (Å²) in [6.07, 6.45) is -0.923. The van der Waals surface area contributed by atoms with Crippen molar-refractivity contribution in [2.45, 2.75) is 20.0 Å². The van der Waals surface area contributed by atoms with Gasteiger partial charge in [0.2, 0.25) is 5.78 Å². The standard InChI is InChI=1S/C20H22O6/c1-5-25-17-11-8-15(12-18(17)24-4)20(22)26-13(2)19(21)14-6-9-16(23-3)10-7-14/h6-13H,5H2,1-4H3/t13-/m1/s1. The van der Waals surface area contributed by atoms with Crippen LogP contribution in [0, 0.1) is 0 Å². The topological polar surface area (TPSA) is 71.1 Å². The van der Waals surface area contributed by atoms with Gasteiger partial charge in [-0.15, -0.1) is 0 Å². The molecule has 0 bridgehead atoms. The third kappa shape index (κ3) is 4.53. The molecule has 0 radical (unpaired) electrons. The first-order valence-electron chi connectivity index (χ1n) is 8.20. The van der Waals surface area contributed by atoms with Crippen molar-refractivity contribution < 1.29 is 28.5 Å². The third-order valence-corrected chi connectivity index (χ3v) is 3.73. The van der Waals surface area contributed by atoms with Crippen molar-refractivity contribution in [1.29, 1.82) is 0 Å². The first kappa shape index (κ1) is 19.3. The van der Waals surface area contributed by atoms with E-state index in [1.54, 1.807) is 43.5 Å². The molecule has 0 N–H and O–H groups in total. The zero-order valence-electron chi connectivity index (χ0n) is 15.3. The number of carbonyl (C=O) groups excluding carboxylic acids is 2. The van der Waals surface area contributed by atoms with Gasteiger partial charge in [-0.3, -0.25) is 4.79 Å². The molecule has 0 aromatic heterocycles. The van der Waals surface area contributed by atoms with Crippen LogP contribution in [0.2, 0.25) is 0 Å². The number of carbonyl (C=O) groups is 2. The van der Waals surface area contributed by atoms with Crippen LogP contribution in [0.4, 0.5) is 0 Å². The number of methoxy groups -OCH3 is 2. The third-order valence-electron chi connectivity index (χ3n) is 3.73. The summed E-state index contributed by atoms with van der Waals surface area (Å²) in [4.78, 5) is 24.7. The summed E-state index contributed by atoms with van der Waals surface area (Å²) in [5.74, 6) is 0.705. The maximum Gasteiger partial charge on any atom is 0.338 e. The Labute approximate surface area is 152 Å². The molecule has 0 saturated heterocycles. The van der Waals surface area contributed by atoms with Gasteiger partial charge < -0.3 is 18.9 Å². The number of Topliss-reactive ketones (excluding diaryl/α,β-unsaturated/α-hetero) is 1. The predicted molar refractivity (Wildman–Crippen MR) is 96.4 cm³/mol. The minimum atomic E-state index is -0.923. The highest BCUT2D eigenvalue weighted by Gasteiger charge is 2.21. The van der Waals surface area contributed by atoms with Crippen LogP contribution in [0.3, 0.4) is 0 Å². The summed E-state index contributed by atoms with van der Waals surface area (Å²) >= 11 is 0. The summed E-state index contributed by atoms with van der Waals surface area (Å²) in [6.45, 7) is 3.87. The van der Waals surface area contributed by atoms with Crippen LogP contribution in [0.1, 0.15) is 34.6 Å². The minimum absolute atomic E-state index is 0.277. The maximum atomic E-state index is 12.4. The fraction of sp³-hybridized carbons (Fsp3) is 0.300. The highest BCUT2D eigenvalue weighted by atomic mass is 16.5. The molecule has 26 heavy (non-hydrogen) atoms. The molecule has 2 aromatic rings. The molecule has 1 atom stereocenters. The zero-order chi connectivity index (χ0) is 19.1. The lowest BCUT2D eigenvalue weighted by atomic mass is 10.1. The predicted octanol–water partition coefficient (Wildman–Crippen LogP) is 3.53. The van der Waals surface area contributed by atoms with E-state index in [0.717, 1.165) is 0 Å². The van der Waals surface area contributed by atoms with E-state index in [-0.39, 0.29) is 11.3 Å². The van der Waals surface area contributed by atoms with E-state index in [2.05, 4.69) is 0 Å². The van der Waals surface area contributed by atoms with Crippen LogP contribution in [0.5, 0.6) is 17.2 Å². The second-order valence-electron chi connectivity index (χ2n) is 5.44. The quantitative estimate of drug-likeness (QED) is 0.531. The Hall–Kier alpha value is -3.02. The van der Waals surface area contributed by atoms with E-state index >= 15 is 0 Å². The van der Waals surface area contributed by atoms with Gasteiger partial charge in [0, 0.05) is 5.56 Å². The normalized spacial score (nSPS) is 11.4. The number of esters is 1. The molecular weight excluding hydrogens is 336 g/mol. The van der Waals surface area contributed by atoms with Crippen molar-refractivity contribution in [2.24, 2.45) is 0 Å². The van der Waals surface area contributed by atoms with Gasteiger partial charge in [0.05, 0.1) is 26.4 Å². The molecule has 2 rings (SSSR count). The van der Waals surface area contributed by atoms with Gasteiger partial charge in [0.1, 0.15) is 5.75 Å². The second-order valence-corrected chi connectivity index (χ2v) is 5.44. The van der Waals surface area contributed by atoms with Gasteiger partial charge in [-0.05, 0) is 56.3 Å². The van der Waals surface area contributed by atoms with Crippen LogP contribution < -0.4 is 14.2 Å². The van der Waals surface area contributed by atoms with Crippen molar-refractivity contribution in [2.75, 3.05) is 20.8 Å². The number of hydrogen-bond acceptors (Lipinski definition) is 6. The monoisotopic (exact) mass is 358 g/mol. The Bertz CT molecular complexity index is 766. The van der Waals surface area contributed by atoms with Crippen molar-refractivity contribution in [3.05, 3.63) is 53.6 Å². The van der Waals surface area contributed by atoms with E-state index < -0.39 is 12.1 Å². The fourth-order valence-corrected chi connectivity index (χ4v) is 2.34. The summed E-state index contributed by atoms with van der Waals surface area (Å²) in [5, 5.41) is 0. The van der Waals surface area contributed by atoms with E-state index in [1.165, 1.54) is 20.1 Å². The zero-order valence-corrected chi connectivity index (χ0v) is 15.3. The summed E-state index contributed by atoms with van der Waals surface area (Å²) < 4.78 is 21.0. The first-order chi connectivity index (χ1) is 12.5. The van der Waals surface area contributed by atoms with Gasteiger partial charge in [0.15, 0.2) is 17.6 Å². The molecule has 0 heterocycles. The highest BCUT2D eigenvalue weighted by molar-refractivity contribution is 6.01. The van der Waals surface area contributed by atoms with Gasteiger partial charge >= 0.3 is 5.97 Å².